The fourth-order valence-electron chi connectivity index (χ4n) is 1.78. The van der Waals surface area contributed by atoms with Crippen LogP contribution in [0.25, 0.3) is 11.3 Å². The van der Waals surface area contributed by atoms with E-state index in [1.165, 1.54) is 16.7 Å². The summed E-state index contributed by atoms with van der Waals surface area (Å²) >= 11 is 0. The fraction of sp³-hybridized carbons (Fsp3) is 0.250. The van der Waals surface area contributed by atoms with Gasteiger partial charge in [-0.1, -0.05) is 18.2 Å². The molecule has 2 N–H and O–H groups in total. The Balaban J connectivity index is 0.00000128. The van der Waals surface area contributed by atoms with Crippen LogP contribution >= 0.6 is 12.4 Å². The summed E-state index contributed by atoms with van der Waals surface area (Å²) in [5.41, 5.74) is 10.4. The Bertz CT molecular complexity index is 477. The summed E-state index contributed by atoms with van der Waals surface area (Å²) in [6, 6.07) is 8.32. The van der Waals surface area contributed by atoms with Crippen LogP contribution in [0.1, 0.15) is 11.1 Å². The van der Waals surface area contributed by atoms with Crippen LogP contribution in [0.5, 0.6) is 0 Å². The number of halogens is 1. The Morgan fingerprint density at radius 3 is 2.56 bits per heavy atom. The predicted octanol–water partition coefficient (Wildman–Crippen LogP) is 2.28. The molecule has 0 bridgehead atoms. The molecule has 1 aromatic heterocycles. The van der Waals surface area contributed by atoms with Gasteiger partial charge in [0.15, 0.2) is 0 Å². The van der Waals surface area contributed by atoms with E-state index < -0.39 is 0 Å². The molecule has 0 aliphatic carbocycles. The largest absolute Gasteiger partial charge is 0.326 e. The van der Waals surface area contributed by atoms with Crippen molar-refractivity contribution in [3.63, 3.8) is 0 Å². The van der Waals surface area contributed by atoms with Gasteiger partial charge >= 0.3 is 0 Å². The van der Waals surface area contributed by atoms with Crippen LogP contribution in [0.2, 0.25) is 0 Å². The lowest BCUT2D eigenvalue weighted by atomic mass is 10.0. The van der Waals surface area contributed by atoms with E-state index in [4.69, 9.17) is 5.73 Å². The molecule has 2 rings (SSSR count). The summed E-state index contributed by atoms with van der Waals surface area (Å²) in [6.07, 6.45) is 1.81. The quantitative estimate of drug-likeness (QED) is 0.871. The van der Waals surface area contributed by atoms with E-state index in [1.807, 2.05) is 24.0 Å². The average molecular weight is 238 g/mol. The zero-order valence-corrected chi connectivity index (χ0v) is 10.3. The first-order valence-electron chi connectivity index (χ1n) is 5.00. The third-order valence-corrected chi connectivity index (χ3v) is 2.62. The van der Waals surface area contributed by atoms with Crippen LogP contribution in [0, 0.1) is 6.92 Å². The molecule has 2 aromatic rings. The van der Waals surface area contributed by atoms with Gasteiger partial charge in [-0.25, -0.2) is 0 Å². The van der Waals surface area contributed by atoms with Gasteiger partial charge in [0.05, 0.1) is 5.69 Å². The number of hydrogen-bond acceptors (Lipinski definition) is 2. The molecule has 4 heteroatoms. The second-order valence-corrected chi connectivity index (χ2v) is 3.69. The third-order valence-electron chi connectivity index (χ3n) is 2.62. The molecule has 86 valence electrons. The van der Waals surface area contributed by atoms with Crippen LogP contribution in [-0.4, -0.2) is 9.78 Å². The first-order chi connectivity index (χ1) is 7.22. The molecular formula is C12H16ClN3. The van der Waals surface area contributed by atoms with E-state index >= 15 is 0 Å². The molecule has 0 radical (unpaired) electrons. The maximum Gasteiger partial charge on any atom is 0.0681 e. The Morgan fingerprint density at radius 1 is 1.31 bits per heavy atom. The predicted molar refractivity (Wildman–Crippen MR) is 68.5 cm³/mol. The minimum atomic E-state index is 0. The Hall–Kier alpha value is -1.32. The van der Waals surface area contributed by atoms with Crippen molar-refractivity contribution < 1.29 is 0 Å². The van der Waals surface area contributed by atoms with Crippen molar-refractivity contribution in [3.05, 3.63) is 41.6 Å². The van der Waals surface area contributed by atoms with E-state index in [9.17, 15) is 0 Å². The van der Waals surface area contributed by atoms with Gasteiger partial charge in [-0.3, -0.25) is 4.68 Å². The SMILES string of the molecule is Cc1cc(CN)ccc1-c1ccnn1C.Cl. The maximum absolute atomic E-state index is 5.60. The van der Waals surface area contributed by atoms with Crippen LogP contribution in [-0.2, 0) is 13.6 Å². The molecule has 3 nitrogen and oxygen atoms in total. The molecule has 1 aromatic carbocycles. The van der Waals surface area contributed by atoms with Crippen LogP contribution < -0.4 is 5.73 Å². The van der Waals surface area contributed by atoms with Gasteiger partial charge in [0, 0.05) is 25.4 Å². The summed E-state index contributed by atoms with van der Waals surface area (Å²) in [5, 5.41) is 4.17. The van der Waals surface area contributed by atoms with Gasteiger partial charge in [-0.05, 0) is 24.1 Å². The van der Waals surface area contributed by atoms with E-state index in [2.05, 4.69) is 30.2 Å². The summed E-state index contributed by atoms with van der Waals surface area (Å²) in [4.78, 5) is 0. The normalized spacial score (nSPS) is 9.94. The molecule has 0 saturated heterocycles. The van der Waals surface area contributed by atoms with Crippen molar-refractivity contribution >= 4 is 12.4 Å². The maximum atomic E-state index is 5.60. The van der Waals surface area contributed by atoms with Crippen LogP contribution in [0.15, 0.2) is 30.5 Å². The van der Waals surface area contributed by atoms with E-state index in [-0.39, 0.29) is 12.4 Å². The van der Waals surface area contributed by atoms with Crippen molar-refractivity contribution in [1.82, 2.24) is 9.78 Å². The van der Waals surface area contributed by atoms with Crippen molar-refractivity contribution in [2.45, 2.75) is 13.5 Å². The smallest absolute Gasteiger partial charge is 0.0681 e. The highest BCUT2D eigenvalue weighted by Crippen LogP contribution is 2.23. The van der Waals surface area contributed by atoms with Crippen LogP contribution in [0.4, 0.5) is 0 Å². The molecule has 0 fully saturated rings. The topological polar surface area (TPSA) is 43.8 Å². The average Bonchev–Trinajstić information content (AvgIpc) is 2.64. The van der Waals surface area contributed by atoms with Crippen molar-refractivity contribution in [3.8, 4) is 11.3 Å². The Kier molecular flexibility index (Phi) is 4.10. The lowest BCUT2D eigenvalue weighted by Crippen LogP contribution is -1.99. The summed E-state index contributed by atoms with van der Waals surface area (Å²) in [7, 11) is 1.95. The number of nitrogens with zero attached hydrogens (tertiary/aromatic N) is 2. The van der Waals surface area contributed by atoms with Gasteiger partial charge in [0.1, 0.15) is 0 Å². The van der Waals surface area contributed by atoms with E-state index in [0.717, 1.165) is 5.69 Å². The van der Waals surface area contributed by atoms with Crippen molar-refractivity contribution in [1.29, 1.82) is 0 Å². The Morgan fingerprint density at radius 2 is 2.06 bits per heavy atom. The summed E-state index contributed by atoms with van der Waals surface area (Å²) in [5.74, 6) is 0. The lowest BCUT2D eigenvalue weighted by Gasteiger charge is -2.07. The molecular weight excluding hydrogens is 222 g/mol. The lowest BCUT2D eigenvalue weighted by molar-refractivity contribution is 0.775. The minimum absolute atomic E-state index is 0. The highest BCUT2D eigenvalue weighted by molar-refractivity contribution is 5.85. The highest BCUT2D eigenvalue weighted by Gasteiger charge is 2.05. The van der Waals surface area contributed by atoms with Gasteiger partial charge < -0.3 is 5.73 Å². The zero-order valence-electron chi connectivity index (χ0n) is 9.47. The standard InChI is InChI=1S/C12H15N3.ClH/c1-9-7-10(8-13)3-4-11(9)12-5-6-14-15(12)2;/h3-7H,8,13H2,1-2H3;1H. The Labute approximate surface area is 102 Å². The summed E-state index contributed by atoms with van der Waals surface area (Å²) in [6.45, 7) is 2.69. The molecule has 0 unspecified atom stereocenters. The van der Waals surface area contributed by atoms with Gasteiger partial charge in [0.25, 0.3) is 0 Å². The van der Waals surface area contributed by atoms with Gasteiger partial charge in [0.2, 0.25) is 0 Å². The molecule has 0 atom stereocenters. The van der Waals surface area contributed by atoms with Crippen molar-refractivity contribution in [2.24, 2.45) is 12.8 Å². The number of aromatic nitrogens is 2. The van der Waals surface area contributed by atoms with E-state index in [1.54, 1.807) is 0 Å². The number of rotatable bonds is 2. The highest BCUT2D eigenvalue weighted by atomic mass is 35.5. The van der Waals surface area contributed by atoms with Crippen molar-refractivity contribution in [2.75, 3.05) is 0 Å². The first-order valence-corrected chi connectivity index (χ1v) is 5.00. The minimum Gasteiger partial charge on any atom is -0.326 e. The second kappa shape index (κ2) is 5.14. The molecule has 0 aliphatic rings. The molecule has 0 aliphatic heterocycles. The zero-order chi connectivity index (χ0) is 10.8. The van der Waals surface area contributed by atoms with E-state index in [0.29, 0.717) is 6.54 Å². The number of benzene rings is 1. The molecule has 0 amide bonds. The molecule has 0 spiro atoms. The molecule has 0 saturated carbocycles. The number of nitrogens with two attached hydrogens (primary N) is 1. The monoisotopic (exact) mass is 237 g/mol. The van der Waals surface area contributed by atoms with Crippen LogP contribution in [0.3, 0.4) is 0 Å². The third kappa shape index (κ3) is 2.26. The summed E-state index contributed by atoms with van der Waals surface area (Å²) < 4.78 is 1.88. The fourth-order valence-corrected chi connectivity index (χ4v) is 1.78. The molecule has 1 heterocycles. The number of aryl methyl sites for hydroxylation is 2. The first kappa shape index (κ1) is 12.7. The second-order valence-electron chi connectivity index (χ2n) is 3.69. The molecule has 16 heavy (non-hydrogen) atoms. The number of hydrogen-bond donors (Lipinski definition) is 1. The van der Waals surface area contributed by atoms with Gasteiger partial charge in [-0.15, -0.1) is 12.4 Å². The van der Waals surface area contributed by atoms with Gasteiger partial charge in [-0.2, -0.15) is 5.10 Å².